The van der Waals surface area contributed by atoms with Crippen molar-refractivity contribution in [3.63, 3.8) is 0 Å². The van der Waals surface area contributed by atoms with E-state index < -0.39 is 9.85 Å². The van der Waals surface area contributed by atoms with Crippen molar-refractivity contribution in [1.29, 1.82) is 0 Å². The van der Waals surface area contributed by atoms with E-state index >= 15 is 0 Å². The molecular formula is C9H8N4O4S. The first-order valence-corrected chi connectivity index (χ1v) is 5.78. The summed E-state index contributed by atoms with van der Waals surface area (Å²) in [5.74, 6) is 0. The molecule has 0 amide bonds. The third-order valence-corrected chi connectivity index (χ3v) is 3.23. The number of non-ortho nitro benzene ring substituents is 1. The van der Waals surface area contributed by atoms with Gasteiger partial charge in [0, 0.05) is 12.6 Å². The summed E-state index contributed by atoms with van der Waals surface area (Å²) in [6.45, 7) is 1.33. The van der Waals surface area contributed by atoms with Crippen LogP contribution < -0.4 is 5.32 Å². The van der Waals surface area contributed by atoms with Gasteiger partial charge in [-0.2, -0.15) is 0 Å². The Hall–Kier alpha value is -2.16. The van der Waals surface area contributed by atoms with Gasteiger partial charge < -0.3 is 5.32 Å². The standard InChI is InChI=1S/C9H8N4O4S/c14-12(15)6-1-2-8(7(5-6)13(16)17)18-9-10-3-4-11-9/h1-2,5H,3-4H2,(H,10,11). The van der Waals surface area contributed by atoms with Gasteiger partial charge in [0.05, 0.1) is 27.4 Å². The van der Waals surface area contributed by atoms with Crippen LogP contribution in [0.1, 0.15) is 0 Å². The van der Waals surface area contributed by atoms with E-state index in [1.807, 2.05) is 0 Å². The van der Waals surface area contributed by atoms with Crippen molar-refractivity contribution in [2.75, 3.05) is 13.1 Å². The zero-order chi connectivity index (χ0) is 13.1. The Labute approximate surface area is 105 Å². The van der Waals surface area contributed by atoms with Crippen LogP contribution in [-0.4, -0.2) is 28.1 Å². The molecule has 0 aliphatic carbocycles. The fraction of sp³-hybridized carbons (Fsp3) is 0.222. The normalized spacial score (nSPS) is 13.9. The van der Waals surface area contributed by atoms with Crippen LogP contribution >= 0.6 is 11.8 Å². The summed E-state index contributed by atoms with van der Waals surface area (Å²) >= 11 is 1.10. The molecule has 0 spiro atoms. The number of hydrogen-bond acceptors (Lipinski definition) is 7. The minimum atomic E-state index is -0.660. The monoisotopic (exact) mass is 268 g/mol. The van der Waals surface area contributed by atoms with Crippen LogP contribution in [0.5, 0.6) is 0 Å². The number of benzene rings is 1. The van der Waals surface area contributed by atoms with Gasteiger partial charge in [0.1, 0.15) is 0 Å². The highest BCUT2D eigenvalue weighted by Crippen LogP contribution is 2.33. The van der Waals surface area contributed by atoms with Crippen molar-refractivity contribution in [3.05, 3.63) is 38.4 Å². The van der Waals surface area contributed by atoms with Crippen molar-refractivity contribution in [3.8, 4) is 0 Å². The van der Waals surface area contributed by atoms with Gasteiger partial charge in [-0.15, -0.1) is 0 Å². The molecule has 0 unspecified atom stereocenters. The smallest absolute Gasteiger partial charge is 0.290 e. The molecule has 0 bridgehead atoms. The number of amidine groups is 1. The Morgan fingerprint density at radius 1 is 1.28 bits per heavy atom. The van der Waals surface area contributed by atoms with Crippen molar-refractivity contribution >= 4 is 28.3 Å². The van der Waals surface area contributed by atoms with Crippen molar-refractivity contribution in [1.82, 2.24) is 5.32 Å². The summed E-state index contributed by atoms with van der Waals surface area (Å²) in [6, 6.07) is 3.56. The van der Waals surface area contributed by atoms with Crippen LogP contribution in [0.25, 0.3) is 0 Å². The Balaban J connectivity index is 2.34. The maximum Gasteiger partial charge on any atom is 0.290 e. The van der Waals surface area contributed by atoms with Gasteiger partial charge in [-0.3, -0.25) is 25.2 Å². The maximum absolute atomic E-state index is 10.9. The molecule has 1 aliphatic rings. The molecule has 1 aromatic carbocycles. The first-order valence-electron chi connectivity index (χ1n) is 4.97. The average Bonchev–Trinajstić information content (AvgIpc) is 2.81. The van der Waals surface area contributed by atoms with E-state index in [0.29, 0.717) is 23.2 Å². The van der Waals surface area contributed by atoms with Gasteiger partial charge in [-0.25, -0.2) is 0 Å². The van der Waals surface area contributed by atoms with Crippen molar-refractivity contribution in [2.24, 2.45) is 4.99 Å². The number of rotatable bonds is 3. The molecule has 1 N–H and O–H groups in total. The average molecular weight is 268 g/mol. The summed E-state index contributed by atoms with van der Waals surface area (Å²) in [5.41, 5.74) is -0.585. The van der Waals surface area contributed by atoms with Gasteiger partial charge in [-0.05, 0) is 17.8 Å². The van der Waals surface area contributed by atoms with Crippen LogP contribution in [-0.2, 0) is 0 Å². The molecule has 0 radical (unpaired) electrons. The number of nitro groups is 2. The van der Waals surface area contributed by atoms with E-state index in [4.69, 9.17) is 0 Å². The molecule has 0 saturated heterocycles. The number of hydrogen-bond donors (Lipinski definition) is 1. The zero-order valence-electron chi connectivity index (χ0n) is 9.03. The first-order chi connectivity index (χ1) is 8.58. The molecule has 9 heteroatoms. The molecule has 1 aromatic rings. The van der Waals surface area contributed by atoms with Crippen molar-refractivity contribution < 1.29 is 9.85 Å². The highest BCUT2D eigenvalue weighted by Gasteiger charge is 2.21. The molecule has 1 heterocycles. The highest BCUT2D eigenvalue weighted by molar-refractivity contribution is 8.14. The van der Waals surface area contributed by atoms with E-state index in [9.17, 15) is 20.2 Å². The largest absolute Gasteiger partial charge is 0.363 e. The van der Waals surface area contributed by atoms with Gasteiger partial charge in [-0.1, -0.05) is 0 Å². The quantitative estimate of drug-likeness (QED) is 0.657. The Bertz CT molecular complexity index is 545. The second-order valence-electron chi connectivity index (χ2n) is 3.38. The molecule has 1 aliphatic heterocycles. The molecule has 8 nitrogen and oxygen atoms in total. The minimum Gasteiger partial charge on any atom is -0.363 e. The Kier molecular flexibility index (Phi) is 3.42. The molecule has 18 heavy (non-hydrogen) atoms. The van der Waals surface area contributed by atoms with Gasteiger partial charge >= 0.3 is 0 Å². The van der Waals surface area contributed by atoms with Crippen LogP contribution in [0.15, 0.2) is 28.1 Å². The lowest BCUT2D eigenvalue weighted by molar-refractivity contribution is -0.396. The van der Waals surface area contributed by atoms with E-state index in [1.54, 1.807) is 0 Å². The van der Waals surface area contributed by atoms with Gasteiger partial charge in [0.15, 0.2) is 5.17 Å². The fourth-order valence-corrected chi connectivity index (χ4v) is 2.31. The third kappa shape index (κ3) is 2.56. The zero-order valence-corrected chi connectivity index (χ0v) is 9.85. The first kappa shape index (κ1) is 12.3. The summed E-state index contributed by atoms with van der Waals surface area (Å²) < 4.78 is 0. The number of nitro benzene ring substituents is 2. The van der Waals surface area contributed by atoms with E-state index in [1.165, 1.54) is 12.1 Å². The molecule has 0 saturated carbocycles. The lowest BCUT2D eigenvalue weighted by Gasteiger charge is -2.03. The summed E-state index contributed by atoms with van der Waals surface area (Å²) in [4.78, 5) is 24.6. The summed E-state index contributed by atoms with van der Waals surface area (Å²) in [5, 5.41) is 25.0. The highest BCUT2D eigenvalue weighted by atomic mass is 32.2. The topological polar surface area (TPSA) is 111 Å². The SMILES string of the molecule is O=[N+]([O-])c1ccc(SC2=NCCN2)c([N+](=O)[O-])c1. The number of nitrogens with one attached hydrogen (secondary N) is 1. The van der Waals surface area contributed by atoms with Gasteiger partial charge in [0.2, 0.25) is 0 Å². The minimum absolute atomic E-state index is 0.286. The molecule has 2 rings (SSSR count). The fourth-order valence-electron chi connectivity index (χ4n) is 1.40. The van der Waals surface area contributed by atoms with Crippen LogP contribution in [0.4, 0.5) is 11.4 Å². The number of nitrogens with zero attached hydrogens (tertiary/aromatic N) is 3. The van der Waals surface area contributed by atoms with Crippen LogP contribution in [0.2, 0.25) is 0 Å². The second-order valence-corrected chi connectivity index (χ2v) is 4.41. The Morgan fingerprint density at radius 3 is 2.61 bits per heavy atom. The molecule has 0 aromatic heterocycles. The van der Waals surface area contributed by atoms with E-state index in [0.717, 1.165) is 17.8 Å². The van der Waals surface area contributed by atoms with E-state index in [2.05, 4.69) is 10.3 Å². The van der Waals surface area contributed by atoms with Crippen LogP contribution in [0.3, 0.4) is 0 Å². The molecule has 0 fully saturated rings. The third-order valence-electron chi connectivity index (χ3n) is 2.20. The summed E-state index contributed by atoms with van der Waals surface area (Å²) in [7, 11) is 0. The Morgan fingerprint density at radius 2 is 2.06 bits per heavy atom. The molecule has 94 valence electrons. The molecule has 0 atom stereocenters. The second kappa shape index (κ2) is 5.00. The maximum atomic E-state index is 10.9. The van der Waals surface area contributed by atoms with Gasteiger partial charge in [0.25, 0.3) is 11.4 Å². The predicted molar refractivity (Wildman–Crippen MR) is 65.9 cm³/mol. The lowest BCUT2D eigenvalue weighted by atomic mass is 10.3. The summed E-state index contributed by atoms with van der Waals surface area (Å²) in [6.07, 6.45) is 0. The van der Waals surface area contributed by atoms with E-state index in [-0.39, 0.29) is 11.4 Å². The predicted octanol–water partition coefficient (Wildman–Crippen LogP) is 1.55. The molecular weight excluding hydrogens is 260 g/mol. The number of thioether (sulfide) groups is 1. The van der Waals surface area contributed by atoms with Crippen LogP contribution in [0, 0.1) is 20.2 Å². The lowest BCUT2D eigenvalue weighted by Crippen LogP contribution is -2.14. The van der Waals surface area contributed by atoms with Crippen molar-refractivity contribution in [2.45, 2.75) is 4.90 Å². The number of aliphatic imine (C=N–C) groups is 1.